The summed E-state index contributed by atoms with van der Waals surface area (Å²) >= 11 is 0. The molecule has 5 heteroatoms. The Balaban J connectivity index is 0.000001000. The predicted molar refractivity (Wildman–Crippen MR) is 41.9 cm³/mol. The molecule has 1 aromatic rings. The van der Waals surface area contributed by atoms with Gasteiger partial charge in [0, 0.05) is 6.07 Å². The number of phenols is 1. The molecule has 0 bridgehead atoms. The molecule has 54 valence electrons. The molecule has 0 aromatic heterocycles. The second-order valence-corrected chi connectivity index (χ2v) is 1.78. The van der Waals surface area contributed by atoms with Gasteiger partial charge in [-0.05, 0) is 6.07 Å². The Labute approximate surface area is 85.3 Å². The number of benzene rings is 1. The van der Waals surface area contributed by atoms with Crippen LogP contribution < -0.4 is 0 Å². The minimum atomic E-state index is -0.556. The van der Waals surface area contributed by atoms with Crippen molar-refractivity contribution in [3.63, 3.8) is 0 Å². The molecule has 1 aromatic carbocycles. The summed E-state index contributed by atoms with van der Waals surface area (Å²) < 4.78 is 0. The van der Waals surface area contributed by atoms with E-state index in [0.29, 0.717) is 0 Å². The summed E-state index contributed by atoms with van der Waals surface area (Å²) in [6.07, 6.45) is 0. The van der Waals surface area contributed by atoms with E-state index in [1.165, 1.54) is 18.2 Å². The van der Waals surface area contributed by atoms with Gasteiger partial charge in [0.15, 0.2) is 0 Å². The van der Waals surface area contributed by atoms with Crippen LogP contribution in [0.3, 0.4) is 0 Å². The van der Waals surface area contributed by atoms with Crippen LogP contribution in [0.2, 0.25) is 0 Å². The summed E-state index contributed by atoms with van der Waals surface area (Å²) in [7, 11) is 0. The maximum absolute atomic E-state index is 10.0. The van der Waals surface area contributed by atoms with Crippen molar-refractivity contribution in [3.8, 4) is 5.75 Å². The molecule has 11 heavy (non-hydrogen) atoms. The van der Waals surface area contributed by atoms with Crippen LogP contribution in [0, 0.1) is 10.1 Å². The molecular formula is C6H6NNaO3. The Morgan fingerprint density at radius 1 is 1.45 bits per heavy atom. The number of aromatic hydroxyl groups is 1. The summed E-state index contributed by atoms with van der Waals surface area (Å²) in [6, 6.07) is 5.22. The normalized spacial score (nSPS) is 8.36. The third-order valence-corrected chi connectivity index (χ3v) is 1.04. The molecule has 0 aliphatic heterocycles. The monoisotopic (exact) mass is 163 g/mol. The fourth-order valence-corrected chi connectivity index (χ4v) is 0.607. The van der Waals surface area contributed by atoms with Crippen molar-refractivity contribution in [1.82, 2.24) is 0 Å². The number of hydrogen-bond donors (Lipinski definition) is 1. The van der Waals surface area contributed by atoms with Crippen LogP contribution in [0.4, 0.5) is 5.69 Å². The van der Waals surface area contributed by atoms with Gasteiger partial charge in [-0.25, -0.2) is 0 Å². The molecule has 0 radical (unpaired) electrons. The summed E-state index contributed by atoms with van der Waals surface area (Å²) in [6.45, 7) is 0. The number of rotatable bonds is 1. The Morgan fingerprint density at radius 3 is 2.45 bits per heavy atom. The predicted octanol–water partition coefficient (Wildman–Crippen LogP) is 0.652. The van der Waals surface area contributed by atoms with Gasteiger partial charge in [-0.1, -0.05) is 6.07 Å². The second kappa shape index (κ2) is 4.33. The van der Waals surface area contributed by atoms with E-state index in [1.54, 1.807) is 0 Å². The third kappa shape index (κ3) is 2.88. The summed E-state index contributed by atoms with van der Waals surface area (Å²) in [5, 5.41) is 18.8. The van der Waals surface area contributed by atoms with Crippen LogP contribution in [-0.2, 0) is 0 Å². The molecule has 0 atom stereocenters. The fraction of sp³-hybridized carbons (Fsp3) is 0. The first-order valence-electron chi connectivity index (χ1n) is 2.63. The molecule has 0 unspecified atom stereocenters. The van der Waals surface area contributed by atoms with Gasteiger partial charge in [-0.15, -0.1) is 0 Å². The first-order chi connectivity index (χ1) is 4.70. The van der Waals surface area contributed by atoms with Crippen molar-refractivity contribution in [3.05, 3.63) is 34.4 Å². The van der Waals surface area contributed by atoms with Crippen LogP contribution in [-0.4, -0.2) is 39.6 Å². The molecule has 0 amide bonds. The van der Waals surface area contributed by atoms with Gasteiger partial charge in [0.25, 0.3) is 5.69 Å². The molecule has 0 spiro atoms. The third-order valence-electron chi connectivity index (χ3n) is 1.04. The van der Waals surface area contributed by atoms with Gasteiger partial charge in [-0.3, -0.25) is 10.1 Å². The van der Waals surface area contributed by atoms with Gasteiger partial charge in [0.05, 0.1) is 11.0 Å². The number of nitro groups is 1. The quantitative estimate of drug-likeness (QED) is 0.375. The SMILES string of the molecule is O=[N+]([O-])c1cccc(O)c1.[NaH]. The molecule has 0 fully saturated rings. The molecule has 0 heterocycles. The van der Waals surface area contributed by atoms with Gasteiger partial charge >= 0.3 is 29.6 Å². The molecule has 0 aliphatic rings. The van der Waals surface area contributed by atoms with Crippen molar-refractivity contribution in [2.45, 2.75) is 0 Å². The molecule has 0 saturated carbocycles. The van der Waals surface area contributed by atoms with Crippen LogP contribution >= 0.6 is 0 Å². The number of hydrogen-bond acceptors (Lipinski definition) is 3. The summed E-state index contributed by atoms with van der Waals surface area (Å²) in [4.78, 5) is 9.49. The number of nitro benzene ring substituents is 1. The van der Waals surface area contributed by atoms with Crippen LogP contribution in [0.15, 0.2) is 24.3 Å². The molecule has 1 rings (SSSR count). The van der Waals surface area contributed by atoms with Gasteiger partial charge in [0.1, 0.15) is 5.75 Å². The van der Waals surface area contributed by atoms with Gasteiger partial charge in [0.2, 0.25) is 0 Å². The molecule has 0 aliphatic carbocycles. The van der Waals surface area contributed by atoms with Gasteiger partial charge in [-0.2, -0.15) is 0 Å². The van der Waals surface area contributed by atoms with Crippen molar-refractivity contribution >= 4 is 35.2 Å². The van der Waals surface area contributed by atoms with E-state index >= 15 is 0 Å². The van der Waals surface area contributed by atoms with Crippen molar-refractivity contribution < 1.29 is 10.0 Å². The first kappa shape index (κ1) is 10.4. The number of non-ortho nitro benzene ring substituents is 1. The Kier molecular flexibility index (Phi) is 4.10. The van der Waals surface area contributed by atoms with Crippen molar-refractivity contribution in [1.29, 1.82) is 0 Å². The zero-order valence-electron chi connectivity index (χ0n) is 5.02. The summed E-state index contributed by atoms with van der Waals surface area (Å²) in [5.41, 5.74) is -0.0972. The molecular weight excluding hydrogens is 157 g/mol. The standard InChI is InChI=1S/C6H5NO3.Na.H/c8-6-3-1-2-5(4-6)7(9)10;;/h1-4,8H;;. The van der Waals surface area contributed by atoms with Crippen LogP contribution in [0.25, 0.3) is 0 Å². The molecule has 4 nitrogen and oxygen atoms in total. The minimum absolute atomic E-state index is 0. The number of phenolic OH excluding ortho intramolecular Hbond substituents is 1. The van der Waals surface area contributed by atoms with E-state index in [-0.39, 0.29) is 41.0 Å². The van der Waals surface area contributed by atoms with Crippen molar-refractivity contribution in [2.24, 2.45) is 0 Å². The van der Waals surface area contributed by atoms with E-state index < -0.39 is 4.92 Å². The molecule has 0 saturated heterocycles. The van der Waals surface area contributed by atoms with Gasteiger partial charge < -0.3 is 5.11 Å². The van der Waals surface area contributed by atoms with Crippen LogP contribution in [0.1, 0.15) is 0 Å². The van der Waals surface area contributed by atoms with E-state index in [2.05, 4.69) is 0 Å². The second-order valence-electron chi connectivity index (χ2n) is 1.78. The maximum atomic E-state index is 10.0. The van der Waals surface area contributed by atoms with E-state index in [0.717, 1.165) is 6.07 Å². The zero-order chi connectivity index (χ0) is 7.56. The zero-order valence-corrected chi connectivity index (χ0v) is 5.02. The van der Waals surface area contributed by atoms with E-state index in [4.69, 9.17) is 5.11 Å². The average Bonchev–Trinajstić information content (AvgIpc) is 1.88. The Bertz CT molecular complexity index is 264. The fourth-order valence-electron chi connectivity index (χ4n) is 0.607. The van der Waals surface area contributed by atoms with E-state index in [9.17, 15) is 10.1 Å². The van der Waals surface area contributed by atoms with Crippen molar-refractivity contribution in [2.75, 3.05) is 0 Å². The van der Waals surface area contributed by atoms with E-state index in [1.807, 2.05) is 0 Å². The Hall–Kier alpha value is -0.580. The van der Waals surface area contributed by atoms with Crippen LogP contribution in [0.5, 0.6) is 5.75 Å². The first-order valence-corrected chi connectivity index (χ1v) is 2.63. The topological polar surface area (TPSA) is 63.4 Å². The summed E-state index contributed by atoms with van der Waals surface area (Å²) in [5.74, 6) is -0.0887. The number of nitrogens with zero attached hydrogens (tertiary/aromatic N) is 1. The average molecular weight is 163 g/mol. The Morgan fingerprint density at radius 2 is 2.09 bits per heavy atom. The molecule has 1 N–H and O–H groups in total.